The minimum Gasteiger partial charge on any atom is -0.370 e. The second kappa shape index (κ2) is 12.4. The van der Waals surface area contributed by atoms with Crippen LogP contribution in [0.15, 0.2) is 127 Å². The highest BCUT2D eigenvalue weighted by atomic mass is 32.1. The highest BCUT2D eigenvalue weighted by Crippen LogP contribution is 2.46. The minimum atomic E-state index is 0.308. The molecule has 0 unspecified atom stereocenters. The van der Waals surface area contributed by atoms with Crippen molar-refractivity contribution in [1.29, 1.82) is 0 Å². The Bertz CT molecular complexity index is 2420. The summed E-state index contributed by atoms with van der Waals surface area (Å²) in [5.41, 5.74) is 13.1. The fourth-order valence-corrected chi connectivity index (χ4v) is 9.74. The first-order valence-electron chi connectivity index (χ1n) is 18.4. The van der Waals surface area contributed by atoms with Crippen molar-refractivity contribution >= 4 is 50.7 Å². The molecule has 1 aromatic heterocycles. The maximum Gasteiger partial charge on any atom is 0.0432 e. The average Bonchev–Trinajstić information content (AvgIpc) is 3.60. The van der Waals surface area contributed by atoms with Gasteiger partial charge in [-0.05, 0) is 126 Å². The van der Waals surface area contributed by atoms with Crippen LogP contribution in [0.4, 0.5) is 5.69 Å². The Morgan fingerprint density at radius 2 is 1.08 bits per heavy atom. The van der Waals surface area contributed by atoms with Gasteiger partial charge in [0, 0.05) is 28.5 Å². The Kier molecular flexibility index (Phi) is 7.78. The third-order valence-electron chi connectivity index (χ3n) is 10.8. The quantitative estimate of drug-likeness (QED) is 0.158. The van der Waals surface area contributed by atoms with Crippen LogP contribution in [-0.2, 0) is 19.3 Å². The van der Waals surface area contributed by atoms with Crippen molar-refractivity contribution in [3.05, 3.63) is 161 Å². The monoisotopic (exact) mass is 679 g/mol. The Hall–Kier alpha value is -4.92. The minimum absolute atomic E-state index is 0.308. The predicted octanol–water partition coefficient (Wildman–Crippen LogP) is 13.1. The number of rotatable bonds is 6. The van der Waals surface area contributed by atoms with Crippen LogP contribution in [-0.4, -0.2) is 13.1 Å². The largest absolute Gasteiger partial charge is 0.370 e. The molecule has 51 heavy (non-hydrogen) atoms. The summed E-state index contributed by atoms with van der Waals surface area (Å²) < 4.78 is 0. The SMILES string of the molecule is CC1(C)Cc2cc(Cc3ccc4cc(/C=C/c5ccc6cc(-c7ccc(-c8ccccc8)s7)ccc6c5)ccc4c3)cc3c2N(C1)CC(C)(C)C3. The lowest BCUT2D eigenvalue weighted by atomic mass is 9.73. The molecule has 0 aliphatic carbocycles. The number of hydrogen-bond donors (Lipinski definition) is 0. The lowest BCUT2D eigenvalue weighted by molar-refractivity contribution is 0.289. The molecule has 0 atom stereocenters. The molecule has 6 aromatic carbocycles. The number of fused-ring (bicyclic) bond motifs is 2. The normalized spacial score (nSPS) is 16.2. The standard InChI is InChI=1S/C49H45NS/c1-48(2)29-43-26-36(27-44-30-49(3,4)32-50(31-48)47(43)44)22-35-14-17-38-23-33(12-15-39(38)25-35)10-11-34-13-16-41-28-42(19-18-40(41)24-34)46-21-20-45(51-46)37-8-6-5-7-9-37/h5-21,23-28H,22,29-32H2,1-4H3/b11-10+. The van der Waals surface area contributed by atoms with Crippen molar-refractivity contribution in [1.82, 2.24) is 0 Å². The van der Waals surface area contributed by atoms with E-state index in [1.54, 1.807) is 16.8 Å². The van der Waals surface area contributed by atoms with Crippen LogP contribution in [0.5, 0.6) is 0 Å². The fourth-order valence-electron chi connectivity index (χ4n) is 8.73. The summed E-state index contributed by atoms with van der Waals surface area (Å²) in [6.45, 7) is 12.0. The van der Waals surface area contributed by atoms with Crippen molar-refractivity contribution in [2.45, 2.75) is 47.0 Å². The van der Waals surface area contributed by atoms with Crippen LogP contribution in [0.1, 0.15) is 61.1 Å². The molecule has 0 saturated carbocycles. The number of benzene rings is 6. The Morgan fingerprint density at radius 1 is 0.529 bits per heavy atom. The van der Waals surface area contributed by atoms with Gasteiger partial charge in [-0.1, -0.05) is 137 Å². The molecule has 2 heteroatoms. The number of hydrogen-bond acceptors (Lipinski definition) is 2. The first kappa shape index (κ1) is 32.0. The molecule has 3 heterocycles. The molecule has 0 amide bonds. The maximum absolute atomic E-state index is 2.69. The van der Waals surface area contributed by atoms with Gasteiger partial charge in [0.25, 0.3) is 0 Å². The third kappa shape index (κ3) is 6.54. The van der Waals surface area contributed by atoms with Gasteiger partial charge >= 0.3 is 0 Å². The molecule has 0 fully saturated rings. The van der Waals surface area contributed by atoms with Gasteiger partial charge in [-0.15, -0.1) is 11.3 Å². The van der Waals surface area contributed by atoms with Crippen LogP contribution < -0.4 is 4.90 Å². The maximum atomic E-state index is 2.69. The molecule has 0 bridgehead atoms. The zero-order valence-corrected chi connectivity index (χ0v) is 31.0. The summed E-state index contributed by atoms with van der Waals surface area (Å²) in [4.78, 5) is 5.29. The van der Waals surface area contributed by atoms with E-state index in [-0.39, 0.29) is 0 Å². The zero-order valence-electron chi connectivity index (χ0n) is 30.2. The molecule has 252 valence electrons. The lowest BCUT2D eigenvalue weighted by Crippen LogP contribution is -2.48. The van der Waals surface area contributed by atoms with Crippen LogP contribution in [0, 0.1) is 10.8 Å². The van der Waals surface area contributed by atoms with E-state index in [1.807, 2.05) is 11.3 Å². The number of thiophene rings is 1. The van der Waals surface area contributed by atoms with Gasteiger partial charge in [0.15, 0.2) is 0 Å². The molecule has 7 aromatic rings. The van der Waals surface area contributed by atoms with Gasteiger partial charge in [-0.2, -0.15) is 0 Å². The molecule has 0 saturated heterocycles. The molecule has 0 radical (unpaired) electrons. The van der Waals surface area contributed by atoms with Gasteiger partial charge in [0.05, 0.1) is 0 Å². The lowest BCUT2D eigenvalue weighted by Gasteiger charge is -2.49. The summed E-state index contributed by atoms with van der Waals surface area (Å²) in [6, 6.07) is 47.6. The van der Waals surface area contributed by atoms with E-state index >= 15 is 0 Å². The molecule has 1 nitrogen and oxygen atoms in total. The van der Waals surface area contributed by atoms with Crippen molar-refractivity contribution in [3.63, 3.8) is 0 Å². The van der Waals surface area contributed by atoms with Gasteiger partial charge < -0.3 is 4.90 Å². The molecule has 2 aliphatic rings. The summed E-state index contributed by atoms with van der Waals surface area (Å²) in [5.74, 6) is 0. The van der Waals surface area contributed by atoms with Crippen molar-refractivity contribution < 1.29 is 0 Å². The topological polar surface area (TPSA) is 3.24 Å². The average molecular weight is 680 g/mol. The highest BCUT2D eigenvalue weighted by molar-refractivity contribution is 7.18. The van der Waals surface area contributed by atoms with E-state index in [0.717, 1.165) is 19.5 Å². The summed E-state index contributed by atoms with van der Waals surface area (Å²) in [5, 5.41) is 5.13. The van der Waals surface area contributed by atoms with Crippen LogP contribution in [0.2, 0.25) is 0 Å². The zero-order chi connectivity index (χ0) is 34.7. The Balaban J connectivity index is 0.915. The van der Waals surface area contributed by atoms with E-state index in [4.69, 9.17) is 0 Å². The molecular formula is C49H45NS. The highest BCUT2D eigenvalue weighted by Gasteiger charge is 2.38. The first-order chi connectivity index (χ1) is 24.6. The smallest absolute Gasteiger partial charge is 0.0432 e. The van der Waals surface area contributed by atoms with Gasteiger partial charge in [-0.25, -0.2) is 0 Å². The second-order valence-corrected chi connectivity index (χ2v) is 17.7. The van der Waals surface area contributed by atoms with E-state index < -0.39 is 0 Å². The predicted molar refractivity (Wildman–Crippen MR) is 222 cm³/mol. The van der Waals surface area contributed by atoms with E-state index in [2.05, 4.69) is 172 Å². The van der Waals surface area contributed by atoms with E-state index in [0.29, 0.717) is 10.8 Å². The second-order valence-electron chi connectivity index (χ2n) is 16.6. The molecule has 2 aliphatic heterocycles. The Morgan fingerprint density at radius 3 is 1.73 bits per heavy atom. The molecule has 0 N–H and O–H groups in total. The van der Waals surface area contributed by atoms with Crippen LogP contribution in [0.25, 0.3) is 54.6 Å². The number of anilines is 1. The molecule has 0 spiro atoms. The summed E-state index contributed by atoms with van der Waals surface area (Å²) in [7, 11) is 0. The van der Waals surface area contributed by atoms with E-state index in [1.165, 1.54) is 77.5 Å². The van der Waals surface area contributed by atoms with E-state index in [9.17, 15) is 0 Å². The van der Waals surface area contributed by atoms with Crippen LogP contribution >= 0.6 is 11.3 Å². The van der Waals surface area contributed by atoms with Gasteiger partial charge in [0.1, 0.15) is 0 Å². The third-order valence-corrected chi connectivity index (χ3v) is 12.0. The summed E-state index contributed by atoms with van der Waals surface area (Å²) >= 11 is 1.85. The summed E-state index contributed by atoms with van der Waals surface area (Å²) in [6.07, 6.45) is 7.79. The van der Waals surface area contributed by atoms with Crippen molar-refractivity contribution in [3.8, 4) is 20.9 Å². The van der Waals surface area contributed by atoms with Crippen LogP contribution in [0.3, 0.4) is 0 Å². The fraction of sp³-hybridized carbons (Fsp3) is 0.224. The Labute approximate surface area is 306 Å². The molecular weight excluding hydrogens is 635 g/mol. The van der Waals surface area contributed by atoms with Gasteiger partial charge in [0.2, 0.25) is 0 Å². The first-order valence-corrected chi connectivity index (χ1v) is 19.2. The van der Waals surface area contributed by atoms with Crippen molar-refractivity contribution in [2.24, 2.45) is 10.8 Å². The number of nitrogens with zero attached hydrogens (tertiary/aromatic N) is 1. The molecule has 9 rings (SSSR count). The van der Waals surface area contributed by atoms with Crippen molar-refractivity contribution in [2.75, 3.05) is 18.0 Å². The van der Waals surface area contributed by atoms with Gasteiger partial charge in [-0.3, -0.25) is 0 Å².